The van der Waals surface area contributed by atoms with E-state index in [1.165, 1.54) is 48.5 Å². The predicted octanol–water partition coefficient (Wildman–Crippen LogP) is 3.24. The highest BCUT2D eigenvalue weighted by molar-refractivity contribution is 7.95. The van der Waals surface area contributed by atoms with Crippen LogP contribution in [0.1, 0.15) is 11.1 Å². The molecule has 0 aliphatic rings. The summed E-state index contributed by atoms with van der Waals surface area (Å²) >= 11 is 0. The van der Waals surface area contributed by atoms with E-state index in [0.717, 1.165) is 17.8 Å². The summed E-state index contributed by atoms with van der Waals surface area (Å²) in [6, 6.07) is 11.2. The summed E-state index contributed by atoms with van der Waals surface area (Å²) in [5, 5.41) is 0. The van der Waals surface area contributed by atoms with Gasteiger partial charge in [-0.1, -0.05) is 35.4 Å². The van der Waals surface area contributed by atoms with Gasteiger partial charge >= 0.3 is 27.8 Å². The lowest BCUT2D eigenvalue weighted by molar-refractivity contribution is 0.386. The molecule has 25 heavy (non-hydrogen) atoms. The van der Waals surface area contributed by atoms with Gasteiger partial charge in [-0.05, 0) is 38.1 Å². The van der Waals surface area contributed by atoms with Gasteiger partial charge in [0.05, 0.1) is 9.79 Å². The van der Waals surface area contributed by atoms with Gasteiger partial charge in [-0.15, -0.1) is 0 Å². The van der Waals surface area contributed by atoms with E-state index in [0.29, 0.717) is 0 Å². The van der Waals surface area contributed by atoms with Crippen molar-refractivity contribution in [2.75, 3.05) is 6.66 Å². The smallest absolute Gasteiger partial charge is 0.258 e. The largest absolute Gasteiger partial charge is 0.357 e. The maximum absolute atomic E-state index is 12.3. The number of aryl methyl sites for hydroxylation is 2. The normalized spacial score (nSPS) is 12.9. The Bertz CT molecular complexity index is 927. The fourth-order valence-corrected chi connectivity index (χ4v) is 6.67. The van der Waals surface area contributed by atoms with Crippen molar-refractivity contribution >= 4 is 27.8 Å². The molecule has 2 rings (SSSR count). The predicted molar refractivity (Wildman–Crippen MR) is 92.4 cm³/mol. The molecule has 10 heteroatoms. The molecule has 0 heterocycles. The van der Waals surface area contributed by atoms with Crippen molar-refractivity contribution in [2.24, 2.45) is 0 Å². The summed E-state index contributed by atoms with van der Waals surface area (Å²) in [6.45, 7) is 4.31. The molecule has 0 bridgehead atoms. The number of hydrogen-bond acceptors (Lipinski definition) is 7. The van der Waals surface area contributed by atoms with E-state index in [4.69, 9.17) is 0 Å². The first-order valence-electron chi connectivity index (χ1n) is 7.05. The van der Waals surface area contributed by atoms with Crippen LogP contribution in [0.15, 0.2) is 58.3 Å². The lowest BCUT2D eigenvalue weighted by Gasteiger charge is -2.14. The van der Waals surface area contributed by atoms with Crippen molar-refractivity contribution in [3.05, 3.63) is 59.7 Å². The third-order valence-electron chi connectivity index (χ3n) is 3.09. The number of rotatable bonds is 6. The van der Waals surface area contributed by atoms with E-state index in [9.17, 15) is 21.4 Å². The quantitative estimate of drug-likeness (QED) is 0.681. The molecule has 0 aliphatic carbocycles. The Morgan fingerprint density at radius 3 is 1.24 bits per heavy atom. The van der Waals surface area contributed by atoms with E-state index in [-0.39, 0.29) is 9.79 Å². The minimum absolute atomic E-state index is 0.253. The molecule has 0 aromatic heterocycles. The third kappa shape index (κ3) is 5.23. The first-order chi connectivity index (χ1) is 11.4. The van der Waals surface area contributed by atoms with Crippen molar-refractivity contribution in [3.63, 3.8) is 0 Å². The molecule has 0 spiro atoms. The van der Waals surface area contributed by atoms with Crippen molar-refractivity contribution < 1.29 is 29.3 Å². The zero-order valence-electron chi connectivity index (χ0n) is 13.7. The Hall–Kier alpha value is -1.51. The van der Waals surface area contributed by atoms with Crippen molar-refractivity contribution in [2.45, 2.75) is 23.6 Å². The number of benzene rings is 2. The van der Waals surface area contributed by atoms with Crippen LogP contribution in [-0.4, -0.2) is 23.5 Å². The van der Waals surface area contributed by atoms with Gasteiger partial charge in [0.1, 0.15) is 0 Å². The monoisotopic (exact) mass is 404 g/mol. The third-order valence-corrected chi connectivity index (χ3v) is 8.52. The van der Waals surface area contributed by atoms with Crippen molar-refractivity contribution in [1.82, 2.24) is 0 Å². The molecule has 7 nitrogen and oxygen atoms in total. The van der Waals surface area contributed by atoms with Gasteiger partial charge in [0.2, 0.25) is 0 Å². The molecule has 0 N–H and O–H groups in total. The highest BCUT2D eigenvalue weighted by Gasteiger charge is 2.34. The first kappa shape index (κ1) is 19.8. The van der Waals surface area contributed by atoms with Crippen LogP contribution in [0.2, 0.25) is 0 Å². The summed E-state index contributed by atoms with van der Waals surface area (Å²) in [7, 11) is -13.4. The van der Waals surface area contributed by atoms with Crippen LogP contribution in [0.3, 0.4) is 0 Å². The zero-order valence-corrected chi connectivity index (χ0v) is 16.3. The van der Waals surface area contributed by atoms with Crippen LogP contribution in [0.25, 0.3) is 0 Å². The summed E-state index contributed by atoms with van der Waals surface area (Å²) < 4.78 is 70.1. The summed E-state index contributed by atoms with van der Waals surface area (Å²) in [4.78, 5) is -0.506. The first-order valence-corrected chi connectivity index (χ1v) is 11.9. The molecule has 0 atom stereocenters. The van der Waals surface area contributed by atoms with Gasteiger partial charge in [-0.2, -0.15) is 24.8 Å². The number of hydrogen-bond donors (Lipinski definition) is 0. The lowest BCUT2D eigenvalue weighted by atomic mass is 10.2. The molecule has 0 aliphatic heterocycles. The van der Waals surface area contributed by atoms with Crippen LogP contribution < -0.4 is 0 Å². The second-order valence-corrected chi connectivity index (χ2v) is 10.9. The van der Waals surface area contributed by atoms with E-state index in [2.05, 4.69) is 7.94 Å². The molecule has 2 aromatic carbocycles. The fraction of sp³-hybridized carbons (Fsp3) is 0.200. The van der Waals surface area contributed by atoms with E-state index in [1.807, 2.05) is 0 Å². The lowest BCUT2D eigenvalue weighted by Crippen LogP contribution is -2.10. The molecule has 136 valence electrons. The molecular weight excluding hydrogens is 387 g/mol. The molecule has 0 saturated heterocycles. The Labute approximate surface area is 147 Å². The summed E-state index contributed by atoms with van der Waals surface area (Å²) in [6.07, 6.45) is 0. The Morgan fingerprint density at radius 1 is 0.680 bits per heavy atom. The van der Waals surface area contributed by atoms with Gasteiger partial charge < -0.3 is 0 Å². The second-order valence-electron chi connectivity index (χ2n) is 5.45. The van der Waals surface area contributed by atoms with Crippen LogP contribution in [0.4, 0.5) is 0 Å². The summed E-state index contributed by atoms with van der Waals surface area (Å²) in [5.41, 5.74) is 1.63. The topological polar surface area (TPSA) is 104 Å². The standard InChI is InChI=1S/C15H17O7PS2/c1-12-4-8-14(9-5-12)24(17,18)21-23(3,16)22-25(19,20)15-10-6-13(2)7-11-15/h4-11H,1-3H3. The molecule has 0 unspecified atom stereocenters. The maximum atomic E-state index is 12.3. The van der Waals surface area contributed by atoms with Crippen LogP contribution >= 0.6 is 7.60 Å². The van der Waals surface area contributed by atoms with E-state index in [1.54, 1.807) is 13.8 Å². The Kier molecular flexibility index (Phi) is 5.56. The highest BCUT2D eigenvalue weighted by atomic mass is 32.2. The van der Waals surface area contributed by atoms with Gasteiger partial charge in [0.15, 0.2) is 0 Å². The van der Waals surface area contributed by atoms with Crippen LogP contribution in [0, 0.1) is 13.8 Å². The minimum Gasteiger partial charge on any atom is -0.258 e. The molecule has 0 saturated carbocycles. The van der Waals surface area contributed by atoms with Crippen molar-refractivity contribution in [3.8, 4) is 0 Å². The average molecular weight is 404 g/mol. The van der Waals surface area contributed by atoms with Gasteiger partial charge in [0.25, 0.3) is 0 Å². The molecular formula is C15H17O7PS2. The maximum Gasteiger partial charge on any atom is 0.357 e. The SMILES string of the molecule is Cc1ccc(S(=O)(=O)OP(C)(=O)OS(=O)(=O)c2ccc(C)cc2)cc1. The zero-order chi connectivity index (χ0) is 18.9. The second kappa shape index (κ2) is 7.01. The summed E-state index contributed by atoms with van der Waals surface area (Å²) in [5.74, 6) is 0. The Morgan fingerprint density at radius 2 is 0.960 bits per heavy atom. The van der Waals surface area contributed by atoms with Gasteiger partial charge in [0, 0.05) is 6.66 Å². The van der Waals surface area contributed by atoms with E-state index >= 15 is 0 Å². The average Bonchev–Trinajstić information content (AvgIpc) is 2.45. The van der Waals surface area contributed by atoms with Crippen molar-refractivity contribution in [1.29, 1.82) is 0 Å². The van der Waals surface area contributed by atoms with Crippen LogP contribution in [-0.2, 0) is 32.7 Å². The molecule has 0 amide bonds. The van der Waals surface area contributed by atoms with E-state index < -0.39 is 27.8 Å². The van der Waals surface area contributed by atoms with Gasteiger partial charge in [-0.25, -0.2) is 0 Å². The van der Waals surface area contributed by atoms with Crippen LogP contribution in [0.5, 0.6) is 0 Å². The Balaban J connectivity index is 2.25. The molecule has 2 aromatic rings. The molecule has 0 radical (unpaired) electrons. The van der Waals surface area contributed by atoms with Gasteiger partial charge in [-0.3, -0.25) is 4.57 Å². The molecule has 0 fully saturated rings. The highest BCUT2D eigenvalue weighted by Crippen LogP contribution is 2.49. The minimum atomic E-state index is -4.47. The fourth-order valence-electron chi connectivity index (χ4n) is 1.86.